The smallest absolute Gasteiger partial charge is 0.224 e. The molecule has 1 amide bonds. The highest BCUT2D eigenvalue weighted by molar-refractivity contribution is 5.90. The first-order valence-electron chi connectivity index (χ1n) is 5.65. The first-order chi connectivity index (χ1) is 7.72. The lowest BCUT2D eigenvalue weighted by Crippen LogP contribution is -2.11. The second-order valence-corrected chi connectivity index (χ2v) is 3.83. The molecule has 1 aromatic rings. The summed E-state index contributed by atoms with van der Waals surface area (Å²) in [5.41, 5.74) is 7.10. The van der Waals surface area contributed by atoms with E-state index in [1.54, 1.807) is 12.3 Å². The van der Waals surface area contributed by atoms with Crippen molar-refractivity contribution >= 4 is 11.6 Å². The lowest BCUT2D eigenvalue weighted by molar-refractivity contribution is -0.116. The second kappa shape index (κ2) is 6.95. The van der Waals surface area contributed by atoms with Crippen LogP contribution in [-0.4, -0.2) is 17.4 Å². The zero-order valence-electron chi connectivity index (χ0n) is 9.70. The fraction of sp³-hybridized carbons (Fsp3) is 0.500. The maximum absolute atomic E-state index is 11.5. The number of unbranched alkanes of at least 4 members (excludes halogenated alkanes) is 2. The monoisotopic (exact) mass is 221 g/mol. The van der Waals surface area contributed by atoms with Gasteiger partial charge in [0.15, 0.2) is 0 Å². The van der Waals surface area contributed by atoms with Crippen molar-refractivity contribution in [2.24, 2.45) is 5.73 Å². The Morgan fingerprint density at radius 2 is 2.25 bits per heavy atom. The van der Waals surface area contributed by atoms with E-state index in [1.165, 1.54) is 0 Å². The standard InChI is InChI=1S/C12H19N3O/c1-10-9-11(6-8-14-10)15-12(16)5-3-2-4-7-13/h6,8-9H,2-5,7,13H2,1H3,(H,14,15,16). The van der Waals surface area contributed by atoms with Crippen LogP contribution in [0.3, 0.4) is 0 Å². The van der Waals surface area contributed by atoms with Gasteiger partial charge in [0.05, 0.1) is 0 Å². The highest BCUT2D eigenvalue weighted by Crippen LogP contribution is 2.08. The van der Waals surface area contributed by atoms with E-state index < -0.39 is 0 Å². The lowest BCUT2D eigenvalue weighted by atomic mass is 10.2. The molecule has 3 N–H and O–H groups in total. The fourth-order valence-corrected chi connectivity index (χ4v) is 1.45. The summed E-state index contributed by atoms with van der Waals surface area (Å²) >= 11 is 0. The van der Waals surface area contributed by atoms with Crippen molar-refractivity contribution in [3.8, 4) is 0 Å². The van der Waals surface area contributed by atoms with Gasteiger partial charge in [-0.05, 0) is 38.4 Å². The average Bonchev–Trinajstić information content (AvgIpc) is 2.24. The summed E-state index contributed by atoms with van der Waals surface area (Å²) in [7, 11) is 0. The van der Waals surface area contributed by atoms with Gasteiger partial charge in [0.1, 0.15) is 0 Å². The molecule has 0 aliphatic heterocycles. The predicted molar refractivity (Wildman–Crippen MR) is 65.1 cm³/mol. The summed E-state index contributed by atoms with van der Waals surface area (Å²) in [6.45, 7) is 2.60. The number of aromatic nitrogens is 1. The Hall–Kier alpha value is -1.42. The number of anilines is 1. The van der Waals surface area contributed by atoms with E-state index in [1.807, 2.05) is 13.0 Å². The molecule has 0 saturated carbocycles. The summed E-state index contributed by atoms with van der Waals surface area (Å²) < 4.78 is 0. The molecule has 88 valence electrons. The van der Waals surface area contributed by atoms with E-state index in [0.29, 0.717) is 13.0 Å². The number of hydrogen-bond acceptors (Lipinski definition) is 3. The molecule has 16 heavy (non-hydrogen) atoms. The van der Waals surface area contributed by atoms with Crippen molar-refractivity contribution in [3.05, 3.63) is 24.0 Å². The molecule has 4 heteroatoms. The molecule has 4 nitrogen and oxygen atoms in total. The molecule has 1 rings (SSSR count). The molecule has 0 radical (unpaired) electrons. The Morgan fingerprint density at radius 3 is 2.94 bits per heavy atom. The van der Waals surface area contributed by atoms with Gasteiger partial charge < -0.3 is 11.1 Å². The first-order valence-corrected chi connectivity index (χ1v) is 5.65. The van der Waals surface area contributed by atoms with E-state index >= 15 is 0 Å². The Labute approximate surface area is 96.3 Å². The molecule has 0 fully saturated rings. The molecule has 0 aliphatic carbocycles. The fourth-order valence-electron chi connectivity index (χ4n) is 1.45. The number of nitrogens with zero attached hydrogens (tertiary/aromatic N) is 1. The van der Waals surface area contributed by atoms with Crippen LogP contribution in [0.25, 0.3) is 0 Å². The number of rotatable bonds is 6. The summed E-state index contributed by atoms with van der Waals surface area (Å²) in [4.78, 5) is 15.6. The van der Waals surface area contributed by atoms with Gasteiger partial charge in [0, 0.05) is 24.0 Å². The van der Waals surface area contributed by atoms with Gasteiger partial charge in [0.2, 0.25) is 5.91 Å². The Balaban J connectivity index is 2.29. The highest BCUT2D eigenvalue weighted by Gasteiger charge is 2.02. The van der Waals surface area contributed by atoms with Crippen LogP contribution in [0.15, 0.2) is 18.3 Å². The minimum atomic E-state index is 0.0580. The van der Waals surface area contributed by atoms with Crippen molar-refractivity contribution in [1.82, 2.24) is 4.98 Å². The van der Waals surface area contributed by atoms with E-state index in [9.17, 15) is 4.79 Å². The van der Waals surface area contributed by atoms with Gasteiger partial charge in [0.25, 0.3) is 0 Å². The van der Waals surface area contributed by atoms with Crippen molar-refractivity contribution in [3.63, 3.8) is 0 Å². The van der Waals surface area contributed by atoms with Gasteiger partial charge in [-0.1, -0.05) is 6.42 Å². The van der Waals surface area contributed by atoms with Crippen molar-refractivity contribution in [2.75, 3.05) is 11.9 Å². The van der Waals surface area contributed by atoms with Crippen LogP contribution in [0.1, 0.15) is 31.4 Å². The van der Waals surface area contributed by atoms with Crippen molar-refractivity contribution in [2.45, 2.75) is 32.6 Å². The van der Waals surface area contributed by atoms with Crippen molar-refractivity contribution < 1.29 is 4.79 Å². The molecule has 0 saturated heterocycles. The molecular weight excluding hydrogens is 202 g/mol. The zero-order valence-corrected chi connectivity index (χ0v) is 9.70. The predicted octanol–water partition coefficient (Wildman–Crippen LogP) is 1.85. The van der Waals surface area contributed by atoms with Gasteiger partial charge >= 0.3 is 0 Å². The average molecular weight is 221 g/mol. The third-order valence-electron chi connectivity index (χ3n) is 2.29. The molecule has 0 atom stereocenters. The molecule has 0 aromatic carbocycles. The third-order valence-corrected chi connectivity index (χ3v) is 2.29. The van der Waals surface area contributed by atoms with E-state index in [0.717, 1.165) is 30.6 Å². The van der Waals surface area contributed by atoms with Crippen molar-refractivity contribution in [1.29, 1.82) is 0 Å². The van der Waals surface area contributed by atoms with Gasteiger partial charge in [-0.2, -0.15) is 0 Å². The van der Waals surface area contributed by atoms with E-state index in [4.69, 9.17) is 5.73 Å². The quantitative estimate of drug-likeness (QED) is 0.720. The number of nitrogens with two attached hydrogens (primary N) is 1. The summed E-state index contributed by atoms with van der Waals surface area (Å²) in [5.74, 6) is 0.0580. The maximum atomic E-state index is 11.5. The SMILES string of the molecule is Cc1cc(NC(=O)CCCCCN)ccn1. The number of amides is 1. The van der Waals surface area contributed by atoms with Gasteiger partial charge in [-0.25, -0.2) is 0 Å². The van der Waals surface area contributed by atoms with Crippen LogP contribution < -0.4 is 11.1 Å². The van der Waals surface area contributed by atoms with Gasteiger partial charge in [-0.3, -0.25) is 9.78 Å². The molecule has 0 unspecified atom stereocenters. The Morgan fingerprint density at radius 1 is 1.44 bits per heavy atom. The third kappa shape index (κ3) is 4.89. The number of carbonyl (C=O) groups is 1. The van der Waals surface area contributed by atoms with Crippen LogP contribution in [0.4, 0.5) is 5.69 Å². The Bertz CT molecular complexity index is 339. The largest absolute Gasteiger partial charge is 0.330 e. The summed E-state index contributed by atoms with van der Waals surface area (Å²) in [5, 5.41) is 2.85. The Kier molecular flexibility index (Phi) is 5.50. The minimum Gasteiger partial charge on any atom is -0.330 e. The van der Waals surface area contributed by atoms with Gasteiger partial charge in [-0.15, -0.1) is 0 Å². The minimum absolute atomic E-state index is 0.0580. The molecule has 0 bridgehead atoms. The van der Waals surface area contributed by atoms with Crippen LogP contribution in [0.5, 0.6) is 0 Å². The highest BCUT2D eigenvalue weighted by atomic mass is 16.1. The first kappa shape index (κ1) is 12.6. The number of carbonyl (C=O) groups excluding carboxylic acids is 1. The molecule has 1 heterocycles. The molecule has 0 aliphatic rings. The molecule has 1 aromatic heterocycles. The molecule has 0 spiro atoms. The summed E-state index contributed by atoms with van der Waals surface area (Å²) in [6, 6.07) is 3.66. The van der Waals surface area contributed by atoms with E-state index in [2.05, 4.69) is 10.3 Å². The number of pyridine rings is 1. The zero-order chi connectivity index (χ0) is 11.8. The normalized spacial score (nSPS) is 10.1. The maximum Gasteiger partial charge on any atom is 0.224 e. The number of nitrogens with one attached hydrogen (secondary N) is 1. The van der Waals surface area contributed by atoms with Crippen LogP contribution in [-0.2, 0) is 4.79 Å². The lowest BCUT2D eigenvalue weighted by Gasteiger charge is -2.05. The number of hydrogen-bond donors (Lipinski definition) is 2. The van der Waals surface area contributed by atoms with E-state index in [-0.39, 0.29) is 5.91 Å². The molecular formula is C12H19N3O. The summed E-state index contributed by atoms with van der Waals surface area (Å²) in [6.07, 6.45) is 5.15. The number of aryl methyl sites for hydroxylation is 1. The second-order valence-electron chi connectivity index (χ2n) is 3.83. The van der Waals surface area contributed by atoms with Crippen LogP contribution >= 0.6 is 0 Å². The van der Waals surface area contributed by atoms with Crippen LogP contribution in [0, 0.1) is 6.92 Å². The van der Waals surface area contributed by atoms with Crippen LogP contribution in [0.2, 0.25) is 0 Å². The topological polar surface area (TPSA) is 68.0 Å².